The lowest BCUT2D eigenvalue weighted by Gasteiger charge is -2.34. The Morgan fingerprint density at radius 2 is 2.03 bits per heavy atom. The number of benzene rings is 1. The Hall–Kier alpha value is -1.10. The van der Waals surface area contributed by atoms with Crippen LogP contribution in [0.4, 0.5) is 0 Å². The molecule has 2 unspecified atom stereocenters. The summed E-state index contributed by atoms with van der Waals surface area (Å²) in [5.74, 6) is 2.39. The molecule has 0 aromatic heterocycles. The molecule has 0 radical (unpaired) electrons. The summed E-state index contributed by atoms with van der Waals surface area (Å²) in [4.78, 5) is 9.54. The molecule has 1 heterocycles. The summed E-state index contributed by atoms with van der Waals surface area (Å²) in [6.07, 6.45) is 0.181. The Balaban J connectivity index is 0.00000480. The van der Waals surface area contributed by atoms with E-state index in [9.17, 15) is 0 Å². The van der Waals surface area contributed by atoms with Gasteiger partial charge in [0.05, 0.1) is 32.4 Å². The predicted octanol–water partition coefficient (Wildman–Crippen LogP) is 2.83. The number of hydrogen-bond acceptors (Lipinski definition) is 5. The topological polar surface area (TPSA) is 61.4 Å². The monoisotopic (exact) mass is 547 g/mol. The van der Waals surface area contributed by atoms with E-state index >= 15 is 0 Å². The molecule has 0 spiro atoms. The zero-order valence-electron chi connectivity index (χ0n) is 20.1. The van der Waals surface area contributed by atoms with E-state index in [1.165, 1.54) is 0 Å². The number of ether oxygens (including phenoxy) is 2. The second kappa shape index (κ2) is 14.9. The first-order valence-corrected chi connectivity index (χ1v) is 11.1. The largest absolute Gasteiger partial charge is 0.496 e. The number of aliphatic imine (C=N–C) groups is 1. The van der Waals surface area contributed by atoms with Crippen LogP contribution in [-0.2, 0) is 4.74 Å². The fourth-order valence-corrected chi connectivity index (χ4v) is 3.80. The maximum Gasteiger partial charge on any atom is 0.191 e. The van der Waals surface area contributed by atoms with Crippen LogP contribution >= 0.6 is 24.0 Å². The van der Waals surface area contributed by atoms with Crippen molar-refractivity contribution in [3.63, 3.8) is 0 Å². The normalized spacial score (nSPS) is 18.6. The van der Waals surface area contributed by atoms with Gasteiger partial charge in [-0.1, -0.05) is 32.0 Å². The first kappa shape index (κ1) is 27.9. The van der Waals surface area contributed by atoms with Gasteiger partial charge in [0, 0.05) is 38.3 Å². The lowest BCUT2D eigenvalue weighted by molar-refractivity contribution is -0.0284. The third-order valence-corrected chi connectivity index (χ3v) is 5.23. The van der Waals surface area contributed by atoms with Crippen LogP contribution in [0.2, 0.25) is 0 Å². The highest BCUT2D eigenvalue weighted by molar-refractivity contribution is 14.0. The van der Waals surface area contributed by atoms with Gasteiger partial charge in [0.2, 0.25) is 0 Å². The van der Waals surface area contributed by atoms with E-state index < -0.39 is 0 Å². The minimum absolute atomic E-state index is 0. The number of methoxy groups -OCH3 is 1. The zero-order chi connectivity index (χ0) is 21.9. The average Bonchev–Trinajstić information content (AvgIpc) is 2.72. The van der Waals surface area contributed by atoms with E-state index in [1.807, 2.05) is 18.2 Å². The molecule has 0 saturated carbocycles. The average molecular weight is 548 g/mol. The van der Waals surface area contributed by atoms with Crippen LogP contribution in [0.5, 0.6) is 5.75 Å². The van der Waals surface area contributed by atoms with Gasteiger partial charge in [-0.05, 0) is 33.0 Å². The molecule has 1 aliphatic rings. The van der Waals surface area contributed by atoms with Crippen LogP contribution in [0.1, 0.15) is 32.4 Å². The molecular formula is C23H42IN5O2. The quantitative estimate of drug-likeness (QED) is 0.267. The van der Waals surface area contributed by atoms with Gasteiger partial charge in [-0.3, -0.25) is 9.89 Å². The van der Waals surface area contributed by atoms with Crippen LogP contribution in [0.15, 0.2) is 29.3 Å². The summed E-state index contributed by atoms with van der Waals surface area (Å²) in [6, 6.07) is 8.28. The lowest BCUT2D eigenvalue weighted by Crippen LogP contribution is -2.50. The highest BCUT2D eigenvalue weighted by Gasteiger charge is 2.22. The van der Waals surface area contributed by atoms with Crippen LogP contribution in [0.25, 0.3) is 0 Å². The lowest BCUT2D eigenvalue weighted by atomic mass is 10.0. The van der Waals surface area contributed by atoms with E-state index in [1.54, 1.807) is 7.11 Å². The van der Waals surface area contributed by atoms with Crippen molar-refractivity contribution in [3.8, 4) is 5.75 Å². The molecule has 178 valence electrons. The third-order valence-electron chi connectivity index (χ3n) is 5.23. The molecule has 1 fully saturated rings. The van der Waals surface area contributed by atoms with Gasteiger partial charge in [-0.2, -0.15) is 0 Å². The Morgan fingerprint density at radius 1 is 1.29 bits per heavy atom. The number of nitrogens with one attached hydrogen (secondary N) is 2. The van der Waals surface area contributed by atoms with Crippen molar-refractivity contribution in [2.24, 2.45) is 10.9 Å². The van der Waals surface area contributed by atoms with Crippen LogP contribution in [0.3, 0.4) is 0 Å². The van der Waals surface area contributed by atoms with Crippen molar-refractivity contribution < 1.29 is 9.47 Å². The molecule has 2 atom stereocenters. The summed E-state index contributed by atoms with van der Waals surface area (Å²) in [7, 11) is 5.87. The Bertz CT molecular complexity index is 657. The van der Waals surface area contributed by atoms with Crippen molar-refractivity contribution in [1.29, 1.82) is 0 Å². The summed E-state index contributed by atoms with van der Waals surface area (Å²) in [6.45, 7) is 12.7. The number of nitrogens with zero attached hydrogens (tertiary/aromatic N) is 3. The molecule has 2 rings (SSSR count). The van der Waals surface area contributed by atoms with Crippen LogP contribution in [-0.4, -0.2) is 88.9 Å². The molecule has 0 amide bonds. The minimum atomic E-state index is 0. The molecule has 8 heteroatoms. The molecule has 1 saturated heterocycles. The van der Waals surface area contributed by atoms with E-state index in [0.29, 0.717) is 12.5 Å². The van der Waals surface area contributed by atoms with Gasteiger partial charge in [0.15, 0.2) is 5.96 Å². The number of guanidine groups is 1. The number of morpholine rings is 1. The van der Waals surface area contributed by atoms with Gasteiger partial charge in [-0.25, -0.2) is 0 Å². The minimum Gasteiger partial charge on any atom is -0.496 e. The second-order valence-corrected chi connectivity index (χ2v) is 8.47. The molecule has 2 N–H and O–H groups in total. The molecule has 0 bridgehead atoms. The highest BCUT2D eigenvalue weighted by Crippen LogP contribution is 2.28. The molecule has 0 aliphatic carbocycles. The standard InChI is InChI=1S/C23H41N5O2.HI/c1-7-24-23(25-14-19-17-28(12-13-30-19)16-18(2)3)26-15-21(27(4)5)20-10-8-9-11-22(20)29-6;/h8-11,18-19,21H,7,12-17H2,1-6H3,(H2,24,25,26);1H. The van der Waals surface area contributed by atoms with Crippen molar-refractivity contribution in [2.75, 3.05) is 67.1 Å². The molecule has 1 aromatic rings. The smallest absolute Gasteiger partial charge is 0.191 e. The summed E-state index contributed by atoms with van der Waals surface area (Å²) >= 11 is 0. The number of hydrogen-bond donors (Lipinski definition) is 2. The number of para-hydroxylation sites is 1. The Morgan fingerprint density at radius 3 is 2.68 bits per heavy atom. The predicted molar refractivity (Wildman–Crippen MR) is 140 cm³/mol. The zero-order valence-corrected chi connectivity index (χ0v) is 22.4. The maximum atomic E-state index is 5.97. The van der Waals surface area contributed by atoms with E-state index in [-0.39, 0.29) is 36.1 Å². The van der Waals surface area contributed by atoms with E-state index in [2.05, 4.69) is 61.4 Å². The SMILES string of the molecule is CCNC(=NCC(c1ccccc1OC)N(C)C)NCC1CN(CC(C)C)CCO1.I. The number of likely N-dealkylation sites (N-methyl/N-ethyl adjacent to an activating group) is 1. The van der Waals surface area contributed by atoms with Gasteiger partial charge in [0.25, 0.3) is 0 Å². The number of rotatable bonds is 10. The van der Waals surface area contributed by atoms with Gasteiger partial charge in [-0.15, -0.1) is 24.0 Å². The van der Waals surface area contributed by atoms with E-state index in [0.717, 1.165) is 56.6 Å². The number of halogens is 1. The van der Waals surface area contributed by atoms with E-state index in [4.69, 9.17) is 14.5 Å². The molecular weight excluding hydrogens is 505 g/mol. The first-order chi connectivity index (χ1) is 14.4. The third kappa shape index (κ3) is 9.51. The van der Waals surface area contributed by atoms with Crippen molar-refractivity contribution in [2.45, 2.75) is 32.9 Å². The summed E-state index contributed by atoms with van der Waals surface area (Å²) < 4.78 is 11.5. The van der Waals surface area contributed by atoms with Crippen LogP contribution in [0, 0.1) is 5.92 Å². The fraction of sp³-hybridized carbons (Fsp3) is 0.696. The highest BCUT2D eigenvalue weighted by atomic mass is 127. The summed E-state index contributed by atoms with van der Waals surface area (Å²) in [5, 5.41) is 6.84. The molecule has 7 nitrogen and oxygen atoms in total. The van der Waals surface area contributed by atoms with Crippen molar-refractivity contribution in [3.05, 3.63) is 29.8 Å². The molecule has 1 aliphatic heterocycles. The Kier molecular flexibility index (Phi) is 13.4. The van der Waals surface area contributed by atoms with Crippen LogP contribution < -0.4 is 15.4 Å². The van der Waals surface area contributed by atoms with Gasteiger partial charge in [0.1, 0.15) is 5.75 Å². The van der Waals surface area contributed by atoms with Gasteiger partial charge < -0.3 is 25.0 Å². The molecule has 31 heavy (non-hydrogen) atoms. The van der Waals surface area contributed by atoms with Crippen molar-refractivity contribution >= 4 is 29.9 Å². The van der Waals surface area contributed by atoms with Crippen molar-refractivity contribution in [1.82, 2.24) is 20.4 Å². The molecule has 1 aromatic carbocycles. The summed E-state index contributed by atoms with van der Waals surface area (Å²) in [5.41, 5.74) is 1.14. The maximum absolute atomic E-state index is 5.97. The van der Waals surface area contributed by atoms with Gasteiger partial charge >= 0.3 is 0 Å². The Labute approximate surface area is 206 Å². The fourth-order valence-electron chi connectivity index (χ4n) is 3.80. The first-order valence-electron chi connectivity index (χ1n) is 11.1. The second-order valence-electron chi connectivity index (χ2n) is 8.47.